The van der Waals surface area contributed by atoms with Crippen LogP contribution in [0.4, 0.5) is 33.2 Å². The molecule has 0 bridgehead atoms. The molecule has 41 heavy (non-hydrogen) atoms. The number of piperidine rings is 1. The molecule has 0 amide bonds. The zero-order chi connectivity index (χ0) is 28.3. The minimum absolute atomic E-state index is 0.249. The number of fused-ring (bicyclic) bond motifs is 1. The molecule has 2 aliphatic rings. The molecule has 1 aliphatic carbocycles. The van der Waals surface area contributed by atoms with Gasteiger partial charge in [-0.25, -0.2) is 4.39 Å². The molecule has 11 heteroatoms. The van der Waals surface area contributed by atoms with Crippen molar-refractivity contribution < 1.29 is 13.4 Å². The number of nitrogens with one attached hydrogen (secondary N) is 3. The Morgan fingerprint density at radius 3 is 2.44 bits per heavy atom. The minimum atomic E-state index is -1.24. The topological polar surface area (TPSA) is 90.6 Å². The number of hydrogen-bond acceptors (Lipinski definition) is 8. The van der Waals surface area contributed by atoms with Crippen LogP contribution in [0.5, 0.6) is 0 Å². The van der Waals surface area contributed by atoms with Crippen LogP contribution < -0.4 is 20.8 Å². The Morgan fingerprint density at radius 2 is 1.73 bits per heavy atom. The minimum Gasteiger partial charge on any atom is -0.369 e. The second-order valence-electron chi connectivity index (χ2n) is 10.7. The van der Waals surface area contributed by atoms with Crippen molar-refractivity contribution in [3.05, 3.63) is 60.5 Å². The summed E-state index contributed by atoms with van der Waals surface area (Å²) in [4.78, 5) is 17.2. The van der Waals surface area contributed by atoms with Crippen molar-refractivity contribution in [1.29, 1.82) is 0 Å². The second-order valence-corrected chi connectivity index (χ2v) is 12.4. The molecule has 2 fully saturated rings. The van der Waals surface area contributed by atoms with Gasteiger partial charge in [-0.05, 0) is 69.1 Å². The van der Waals surface area contributed by atoms with Gasteiger partial charge in [0.05, 0.1) is 22.1 Å². The van der Waals surface area contributed by atoms with E-state index in [1.54, 1.807) is 14.2 Å². The number of nitrogens with zero attached hydrogens (tertiary/aromatic N) is 4. The van der Waals surface area contributed by atoms with E-state index in [9.17, 15) is 0 Å². The lowest BCUT2D eigenvalue weighted by Gasteiger charge is -2.44. The van der Waals surface area contributed by atoms with E-state index in [0.717, 1.165) is 48.4 Å². The van der Waals surface area contributed by atoms with Crippen LogP contribution in [-0.2, 0) is 9.05 Å². The first-order chi connectivity index (χ1) is 20.0. The molecule has 0 atom stereocenters. The van der Waals surface area contributed by atoms with Crippen molar-refractivity contribution in [3.63, 3.8) is 0 Å². The van der Waals surface area contributed by atoms with E-state index in [-0.39, 0.29) is 5.82 Å². The molecule has 1 saturated heterocycles. The Bertz CT molecular complexity index is 1480. The molecule has 2 aromatic heterocycles. The summed E-state index contributed by atoms with van der Waals surface area (Å²) in [6, 6.07) is 16.3. The summed E-state index contributed by atoms with van der Waals surface area (Å²) in [5.74, 6) is 0.717. The van der Waals surface area contributed by atoms with E-state index in [4.69, 9.17) is 14.0 Å². The van der Waals surface area contributed by atoms with Crippen LogP contribution in [0.25, 0.3) is 11.0 Å². The van der Waals surface area contributed by atoms with E-state index in [1.165, 1.54) is 25.3 Å². The Kier molecular flexibility index (Phi) is 8.35. The standard InChI is InChI=1S/C30H37FN7O2P/c1-37(21-7-6-8-21)22-14-17-38(18-15-22)26-12-11-20(19-24(26)31)33-30-35-28-23(13-16-32-28)29(36-30)34-25-9-4-5-10-27(25)41(39-2)40-3/h4-5,9-13,16,19,21-22H,6-8,14-15,17-18H2,1-3H3,(H3,32,33,34,35,36). The highest BCUT2D eigenvalue weighted by Gasteiger charge is 2.30. The monoisotopic (exact) mass is 577 g/mol. The van der Waals surface area contributed by atoms with Gasteiger partial charge in [-0.15, -0.1) is 0 Å². The molecule has 0 radical (unpaired) electrons. The fourth-order valence-electron chi connectivity index (χ4n) is 5.81. The van der Waals surface area contributed by atoms with Crippen molar-refractivity contribution >= 4 is 53.5 Å². The molecule has 3 heterocycles. The van der Waals surface area contributed by atoms with Crippen LogP contribution in [-0.4, -0.2) is 66.3 Å². The van der Waals surface area contributed by atoms with Gasteiger partial charge in [-0.1, -0.05) is 18.6 Å². The van der Waals surface area contributed by atoms with Crippen LogP contribution in [0.3, 0.4) is 0 Å². The predicted molar refractivity (Wildman–Crippen MR) is 165 cm³/mol. The lowest BCUT2D eigenvalue weighted by atomic mass is 9.89. The first-order valence-corrected chi connectivity index (χ1v) is 15.3. The van der Waals surface area contributed by atoms with Gasteiger partial charge in [0, 0.05) is 51.3 Å². The summed E-state index contributed by atoms with van der Waals surface area (Å²) in [7, 11) is 4.27. The zero-order valence-corrected chi connectivity index (χ0v) is 24.6. The Labute approximate surface area is 241 Å². The first-order valence-electron chi connectivity index (χ1n) is 14.2. The largest absolute Gasteiger partial charge is 0.369 e. The zero-order valence-electron chi connectivity index (χ0n) is 23.7. The van der Waals surface area contributed by atoms with Crippen molar-refractivity contribution in [2.24, 2.45) is 0 Å². The van der Waals surface area contributed by atoms with E-state index in [0.29, 0.717) is 34.8 Å². The second kappa shape index (κ2) is 12.3. The molecule has 4 aromatic rings. The summed E-state index contributed by atoms with van der Waals surface area (Å²) in [6.07, 6.45) is 7.91. The lowest BCUT2D eigenvalue weighted by molar-refractivity contribution is 0.0952. The Hall–Kier alpha value is -3.30. The average Bonchev–Trinajstić information content (AvgIpc) is 3.43. The van der Waals surface area contributed by atoms with Crippen LogP contribution in [0.15, 0.2) is 54.7 Å². The van der Waals surface area contributed by atoms with Crippen molar-refractivity contribution in [2.45, 2.75) is 44.2 Å². The molecule has 9 nitrogen and oxygen atoms in total. The molecule has 216 valence electrons. The van der Waals surface area contributed by atoms with Gasteiger partial charge in [0.15, 0.2) is 0 Å². The van der Waals surface area contributed by atoms with Gasteiger partial charge in [0.2, 0.25) is 14.3 Å². The molecule has 1 aliphatic heterocycles. The number of rotatable bonds is 10. The number of H-pyrrole nitrogens is 1. The van der Waals surface area contributed by atoms with E-state index >= 15 is 4.39 Å². The van der Waals surface area contributed by atoms with Crippen LogP contribution in [0.1, 0.15) is 32.1 Å². The third-order valence-corrected chi connectivity index (χ3v) is 9.78. The van der Waals surface area contributed by atoms with E-state index in [2.05, 4.69) is 37.4 Å². The van der Waals surface area contributed by atoms with Crippen LogP contribution >= 0.6 is 8.38 Å². The highest BCUT2D eigenvalue weighted by molar-refractivity contribution is 7.56. The quantitative estimate of drug-likeness (QED) is 0.190. The van der Waals surface area contributed by atoms with Crippen molar-refractivity contribution in [2.75, 3.05) is 49.9 Å². The van der Waals surface area contributed by atoms with Crippen molar-refractivity contribution in [3.8, 4) is 0 Å². The van der Waals surface area contributed by atoms with E-state index < -0.39 is 8.38 Å². The molecule has 1 saturated carbocycles. The van der Waals surface area contributed by atoms with E-state index in [1.807, 2.05) is 48.7 Å². The van der Waals surface area contributed by atoms with Crippen LogP contribution in [0.2, 0.25) is 0 Å². The van der Waals surface area contributed by atoms with Gasteiger partial charge < -0.3 is 34.5 Å². The smallest absolute Gasteiger partial charge is 0.231 e. The fourth-order valence-corrected chi connectivity index (χ4v) is 6.88. The maximum Gasteiger partial charge on any atom is 0.231 e. The average molecular weight is 578 g/mol. The first kappa shape index (κ1) is 27.8. The lowest BCUT2D eigenvalue weighted by Crippen LogP contribution is -2.49. The number of aromatic amines is 1. The van der Waals surface area contributed by atoms with Gasteiger partial charge in [0.1, 0.15) is 17.3 Å². The summed E-state index contributed by atoms with van der Waals surface area (Å²) in [5, 5.41) is 8.36. The highest BCUT2D eigenvalue weighted by Crippen LogP contribution is 2.39. The summed E-state index contributed by atoms with van der Waals surface area (Å²) in [5.41, 5.74) is 2.72. The number of halogens is 1. The maximum absolute atomic E-state index is 15.4. The number of hydrogen-bond donors (Lipinski definition) is 3. The van der Waals surface area contributed by atoms with Crippen molar-refractivity contribution in [1.82, 2.24) is 19.9 Å². The molecule has 0 unspecified atom stereocenters. The number of aromatic nitrogens is 3. The SMILES string of the molecule is COP(OC)c1ccccc1Nc1nc(Nc2ccc(N3CCC(N(C)C4CCC4)CC3)c(F)c2)nc2[nH]ccc12. The molecule has 0 spiro atoms. The summed E-state index contributed by atoms with van der Waals surface area (Å²) < 4.78 is 26.5. The molecule has 3 N–H and O–H groups in total. The number of para-hydroxylation sites is 1. The molecule has 6 rings (SSSR count). The molecular formula is C30H37FN7O2P. The molecule has 2 aromatic carbocycles. The van der Waals surface area contributed by atoms with Gasteiger partial charge in [-0.2, -0.15) is 9.97 Å². The fraction of sp³-hybridized carbons (Fsp3) is 0.400. The van der Waals surface area contributed by atoms with Gasteiger partial charge >= 0.3 is 0 Å². The Balaban J connectivity index is 1.18. The number of anilines is 5. The summed E-state index contributed by atoms with van der Waals surface area (Å²) >= 11 is 0. The predicted octanol–water partition coefficient (Wildman–Crippen LogP) is 6.27. The maximum atomic E-state index is 15.4. The molecular weight excluding hydrogens is 540 g/mol. The van der Waals surface area contributed by atoms with Crippen LogP contribution in [0, 0.1) is 5.82 Å². The number of benzene rings is 2. The highest BCUT2D eigenvalue weighted by atomic mass is 31.2. The normalized spacial score (nSPS) is 16.5. The summed E-state index contributed by atoms with van der Waals surface area (Å²) in [6.45, 7) is 1.73. The van der Waals surface area contributed by atoms with Gasteiger partial charge in [-0.3, -0.25) is 0 Å². The Morgan fingerprint density at radius 1 is 0.976 bits per heavy atom. The third-order valence-electron chi connectivity index (χ3n) is 8.34. The third kappa shape index (κ3) is 5.88. The van der Waals surface area contributed by atoms with Gasteiger partial charge in [0.25, 0.3) is 0 Å².